The molecule has 0 bridgehead atoms. The van der Waals surface area contributed by atoms with Crippen LogP contribution in [0, 0.1) is 0 Å². The molecule has 4 aromatic heterocycles. The van der Waals surface area contributed by atoms with Crippen LogP contribution in [0.5, 0.6) is 0 Å². The Hall–Kier alpha value is -7.41. The van der Waals surface area contributed by atoms with Crippen LogP contribution < -0.4 is 0 Å². The van der Waals surface area contributed by atoms with Crippen LogP contribution in [0.4, 0.5) is 0 Å². The van der Waals surface area contributed by atoms with Gasteiger partial charge in [0, 0.05) is 64.1 Å². The molecule has 266 valence electrons. The maximum absolute atomic E-state index is 8.90. The molecule has 4 heterocycles. The van der Waals surface area contributed by atoms with Gasteiger partial charge in [0.25, 0.3) is 0 Å². The van der Waals surface area contributed by atoms with Crippen LogP contribution in [-0.4, -0.2) is 19.5 Å². The molecule has 5 nitrogen and oxygen atoms in total. The smallest absolute Gasteiger partial charge is 0.164 e. The minimum absolute atomic E-state index is 0.0180. The van der Waals surface area contributed by atoms with Crippen LogP contribution in [-0.2, 0) is 0 Å². The first-order valence-electron chi connectivity index (χ1n) is 21.5. The van der Waals surface area contributed by atoms with Gasteiger partial charge in [-0.05, 0) is 77.8 Å². The predicted molar refractivity (Wildman–Crippen MR) is 236 cm³/mol. The van der Waals surface area contributed by atoms with Crippen molar-refractivity contribution >= 4 is 75.3 Å². The second-order valence-electron chi connectivity index (χ2n) is 13.9. The summed E-state index contributed by atoms with van der Waals surface area (Å²) in [4.78, 5) is 15.2. The van der Waals surface area contributed by atoms with Crippen molar-refractivity contribution in [2.75, 3.05) is 0 Å². The minimum atomic E-state index is -0.160. The summed E-state index contributed by atoms with van der Waals surface area (Å²) >= 11 is 1.78. The van der Waals surface area contributed by atoms with Crippen LogP contribution in [0.2, 0.25) is 0 Å². The third-order valence-corrected chi connectivity index (χ3v) is 11.8. The Morgan fingerprint density at radius 2 is 1.07 bits per heavy atom. The Kier molecular flexibility index (Phi) is 5.82. The Labute approximate surface area is 339 Å². The minimum Gasteiger partial charge on any atom is -0.456 e. The van der Waals surface area contributed by atoms with Gasteiger partial charge in [0.2, 0.25) is 0 Å². The van der Waals surface area contributed by atoms with Gasteiger partial charge in [-0.2, -0.15) is 0 Å². The van der Waals surface area contributed by atoms with Crippen LogP contribution in [0.3, 0.4) is 0 Å². The van der Waals surface area contributed by atoms with E-state index in [0.717, 1.165) is 44.2 Å². The molecule has 12 rings (SSSR count). The third kappa shape index (κ3) is 5.12. The molecule has 0 amide bonds. The van der Waals surface area contributed by atoms with Crippen molar-refractivity contribution in [3.05, 3.63) is 182 Å². The number of fused-ring (bicyclic) bond motifs is 9. The first kappa shape index (κ1) is 26.4. The Bertz CT molecular complexity index is 3820. The molecule has 0 N–H and O–H groups in total. The van der Waals surface area contributed by atoms with Crippen molar-refractivity contribution in [2.45, 2.75) is 0 Å². The van der Waals surface area contributed by atoms with Gasteiger partial charge in [-0.3, -0.25) is 0 Å². The van der Waals surface area contributed by atoms with Crippen molar-refractivity contribution < 1.29 is 12.6 Å². The van der Waals surface area contributed by atoms with E-state index in [1.54, 1.807) is 15.9 Å². The summed E-state index contributed by atoms with van der Waals surface area (Å²) in [5.74, 6) is 1.37. The molecule has 0 fully saturated rings. The van der Waals surface area contributed by atoms with Gasteiger partial charge in [0.15, 0.2) is 17.5 Å². The Balaban J connectivity index is 1.03. The van der Waals surface area contributed by atoms with Crippen molar-refractivity contribution in [1.82, 2.24) is 19.5 Å². The molecule has 0 unspecified atom stereocenters. The molecule has 0 aliphatic carbocycles. The number of aromatic nitrogens is 4. The largest absolute Gasteiger partial charge is 0.456 e. The fraction of sp³-hybridized carbons (Fsp3) is 0. The summed E-state index contributed by atoms with van der Waals surface area (Å²) in [5.41, 5.74) is 7.09. The molecular weight excluding hydrogens is 717 g/mol. The Morgan fingerprint density at radius 3 is 1.86 bits per heavy atom. The SMILES string of the molecule is [2H]c1cc([2H])c2c(c1[2H])c1c([2H])c([2H])cc([2H])c1n2-c1ccc(-c2nc(-c3cccc(-c4cccc5c4sc4ccccc45)c3)nc(-c3ccc4c(c3)oc3ccccc34)n2)cc1. The van der Waals surface area contributed by atoms with E-state index in [0.29, 0.717) is 39.8 Å². The van der Waals surface area contributed by atoms with E-state index < -0.39 is 0 Å². The zero-order valence-corrected chi connectivity index (χ0v) is 30.8. The van der Waals surface area contributed by atoms with Crippen LogP contribution >= 0.6 is 11.3 Å². The van der Waals surface area contributed by atoms with Crippen LogP contribution in [0.15, 0.2) is 186 Å². The topological polar surface area (TPSA) is 56.7 Å². The lowest BCUT2D eigenvalue weighted by atomic mass is 10.0. The van der Waals surface area contributed by atoms with Gasteiger partial charge in [0.05, 0.1) is 19.3 Å². The van der Waals surface area contributed by atoms with E-state index in [4.69, 9.17) is 27.6 Å². The molecule has 0 saturated carbocycles. The van der Waals surface area contributed by atoms with Crippen molar-refractivity contribution in [3.8, 4) is 51.0 Å². The highest BCUT2D eigenvalue weighted by Gasteiger charge is 2.18. The first-order valence-corrected chi connectivity index (χ1v) is 19.3. The molecule has 6 heteroatoms. The lowest BCUT2D eigenvalue weighted by molar-refractivity contribution is 0.669. The molecule has 0 aliphatic rings. The van der Waals surface area contributed by atoms with Gasteiger partial charge >= 0.3 is 0 Å². The molecule has 0 aliphatic heterocycles. The summed E-state index contributed by atoms with van der Waals surface area (Å²) in [7, 11) is 0. The van der Waals surface area contributed by atoms with Gasteiger partial charge in [-0.25, -0.2) is 15.0 Å². The maximum Gasteiger partial charge on any atom is 0.164 e. The number of hydrogen-bond acceptors (Lipinski definition) is 5. The normalized spacial score (nSPS) is 13.3. The molecule has 0 saturated heterocycles. The van der Waals surface area contributed by atoms with E-state index in [2.05, 4.69) is 54.6 Å². The standard InChI is InChI=1S/C51H30N4OS/c1-5-19-43-37(13-1)38-14-2-6-20-44(38)55(43)35-26-23-31(24-27-35)49-52-50(54-51(53-49)34-25-28-40-39-15-3-7-21-45(39)56-46(40)30-34)33-12-9-11-32(29-33)36-17-10-18-42-41-16-4-8-22-47(41)57-48(36)42/h1-30H/i1D,2D,13D,14D,19D,20D. The summed E-state index contributed by atoms with van der Waals surface area (Å²) < 4.78 is 62.5. The average Bonchev–Trinajstić information content (AvgIpc) is 4.00. The number of para-hydroxylation sites is 3. The van der Waals surface area contributed by atoms with Gasteiger partial charge in [-0.15, -0.1) is 11.3 Å². The molecule has 8 aromatic carbocycles. The number of nitrogens with zero attached hydrogens (tertiary/aromatic N) is 4. The Morgan fingerprint density at radius 1 is 0.456 bits per heavy atom. The number of rotatable bonds is 5. The van der Waals surface area contributed by atoms with Crippen molar-refractivity contribution in [3.63, 3.8) is 0 Å². The third-order valence-electron chi connectivity index (χ3n) is 10.6. The van der Waals surface area contributed by atoms with Gasteiger partial charge < -0.3 is 8.98 Å². The highest BCUT2D eigenvalue weighted by atomic mass is 32.1. The second-order valence-corrected chi connectivity index (χ2v) is 15.0. The predicted octanol–water partition coefficient (Wildman–Crippen LogP) is 13.9. The van der Waals surface area contributed by atoms with Crippen molar-refractivity contribution in [2.24, 2.45) is 0 Å². The summed E-state index contributed by atoms with van der Waals surface area (Å²) in [5, 5.41) is 4.88. The average molecular weight is 753 g/mol. The van der Waals surface area contributed by atoms with E-state index in [1.807, 2.05) is 78.9 Å². The fourth-order valence-corrected chi connectivity index (χ4v) is 9.20. The molecule has 12 aromatic rings. The first-order chi connectivity index (χ1) is 30.7. The zero-order valence-electron chi connectivity index (χ0n) is 36.0. The van der Waals surface area contributed by atoms with Crippen LogP contribution in [0.25, 0.3) is 115 Å². The van der Waals surface area contributed by atoms with Gasteiger partial charge in [0.1, 0.15) is 11.2 Å². The molecule has 0 radical (unpaired) electrons. The molecule has 57 heavy (non-hydrogen) atoms. The summed E-state index contributed by atoms with van der Waals surface area (Å²) in [6.07, 6.45) is 0. The summed E-state index contributed by atoms with van der Waals surface area (Å²) in [6, 6.07) is 46.5. The zero-order chi connectivity index (χ0) is 42.7. The quantitative estimate of drug-likeness (QED) is 0.176. The number of thiophene rings is 1. The monoisotopic (exact) mass is 752 g/mol. The second kappa shape index (κ2) is 12.6. The number of hydrogen-bond donors (Lipinski definition) is 0. The van der Waals surface area contributed by atoms with Crippen LogP contribution in [0.1, 0.15) is 8.22 Å². The van der Waals surface area contributed by atoms with Gasteiger partial charge in [-0.1, -0.05) is 115 Å². The highest BCUT2D eigenvalue weighted by Crippen LogP contribution is 2.41. The summed E-state index contributed by atoms with van der Waals surface area (Å²) in [6.45, 7) is 0. The molecule has 0 spiro atoms. The molecule has 0 atom stereocenters. The maximum atomic E-state index is 8.90. The van der Waals surface area contributed by atoms with Crippen molar-refractivity contribution in [1.29, 1.82) is 0 Å². The van der Waals surface area contributed by atoms with E-state index >= 15 is 0 Å². The van der Waals surface area contributed by atoms with E-state index in [-0.39, 0.29) is 47.0 Å². The van der Waals surface area contributed by atoms with E-state index in [1.165, 1.54) is 32.3 Å². The number of furan rings is 1. The lowest BCUT2D eigenvalue weighted by Crippen LogP contribution is -2.01. The fourth-order valence-electron chi connectivity index (χ4n) is 7.96. The highest BCUT2D eigenvalue weighted by molar-refractivity contribution is 7.26. The lowest BCUT2D eigenvalue weighted by Gasteiger charge is -2.11. The number of benzene rings is 8. The molecular formula is C51H30N4OS. The van der Waals surface area contributed by atoms with E-state index in [9.17, 15) is 0 Å².